The minimum Gasteiger partial charge on any atom is -0.452 e. The maximum absolute atomic E-state index is 11.9. The molecule has 0 fully saturated rings. The van der Waals surface area contributed by atoms with E-state index in [1.807, 2.05) is 38.1 Å². The third kappa shape index (κ3) is 5.25. The van der Waals surface area contributed by atoms with Crippen molar-refractivity contribution in [3.8, 4) is 0 Å². The predicted molar refractivity (Wildman–Crippen MR) is 96.0 cm³/mol. The first kappa shape index (κ1) is 17.8. The van der Waals surface area contributed by atoms with E-state index in [2.05, 4.69) is 5.32 Å². The van der Waals surface area contributed by atoms with Crippen LogP contribution in [0.3, 0.4) is 0 Å². The second kappa shape index (κ2) is 8.31. The lowest BCUT2D eigenvalue weighted by molar-refractivity contribution is -0.142. The van der Waals surface area contributed by atoms with Crippen molar-refractivity contribution >= 4 is 35.2 Å². The second-order valence-corrected chi connectivity index (χ2v) is 5.74. The highest BCUT2D eigenvalue weighted by molar-refractivity contribution is 6.31. The Balaban J connectivity index is 1.86. The number of ether oxygens (including phenoxy) is 1. The van der Waals surface area contributed by atoms with Gasteiger partial charge in [0.15, 0.2) is 6.61 Å². The Kier molecular flexibility index (Phi) is 6.15. The summed E-state index contributed by atoms with van der Waals surface area (Å²) in [5.74, 6) is -0.991. The topological polar surface area (TPSA) is 55.4 Å². The lowest BCUT2D eigenvalue weighted by atomic mass is 10.1. The fraction of sp³-hybridized carbons (Fsp3) is 0.158. The van der Waals surface area contributed by atoms with E-state index in [4.69, 9.17) is 16.3 Å². The molecule has 0 spiro atoms. The first-order valence-corrected chi connectivity index (χ1v) is 7.80. The van der Waals surface area contributed by atoms with Crippen LogP contribution >= 0.6 is 11.6 Å². The average molecular weight is 344 g/mol. The van der Waals surface area contributed by atoms with E-state index in [9.17, 15) is 9.59 Å². The van der Waals surface area contributed by atoms with E-state index >= 15 is 0 Å². The molecule has 4 nitrogen and oxygen atoms in total. The van der Waals surface area contributed by atoms with Gasteiger partial charge in [0.05, 0.1) is 0 Å². The Morgan fingerprint density at radius 1 is 1.12 bits per heavy atom. The number of esters is 1. The Hall–Kier alpha value is -2.59. The van der Waals surface area contributed by atoms with Crippen LogP contribution in [-0.4, -0.2) is 18.5 Å². The minimum absolute atomic E-state index is 0.358. The molecule has 0 aromatic heterocycles. The Morgan fingerprint density at radius 3 is 2.62 bits per heavy atom. The number of nitrogens with one attached hydrogen (secondary N) is 1. The maximum Gasteiger partial charge on any atom is 0.331 e. The summed E-state index contributed by atoms with van der Waals surface area (Å²) in [4.78, 5) is 23.5. The van der Waals surface area contributed by atoms with Gasteiger partial charge < -0.3 is 10.1 Å². The number of rotatable bonds is 5. The van der Waals surface area contributed by atoms with E-state index in [1.165, 1.54) is 6.08 Å². The molecule has 5 heteroatoms. The fourth-order valence-corrected chi connectivity index (χ4v) is 2.20. The summed E-state index contributed by atoms with van der Waals surface area (Å²) in [6.45, 7) is 3.44. The van der Waals surface area contributed by atoms with E-state index < -0.39 is 11.9 Å². The SMILES string of the molecule is Cc1ccccc1/C=C/C(=O)OCC(=O)Nc1cc(Cl)ccc1C. The number of carbonyl (C=O) groups excluding carboxylic acids is 2. The molecule has 124 valence electrons. The molecule has 0 aliphatic heterocycles. The number of carbonyl (C=O) groups is 2. The van der Waals surface area contributed by atoms with Crippen LogP contribution in [0.15, 0.2) is 48.5 Å². The number of halogens is 1. The van der Waals surface area contributed by atoms with Gasteiger partial charge >= 0.3 is 5.97 Å². The molecule has 1 amide bonds. The van der Waals surface area contributed by atoms with Gasteiger partial charge in [0.2, 0.25) is 0 Å². The zero-order chi connectivity index (χ0) is 17.5. The molecule has 24 heavy (non-hydrogen) atoms. The highest BCUT2D eigenvalue weighted by Gasteiger charge is 2.08. The maximum atomic E-state index is 11.9. The van der Waals surface area contributed by atoms with Crippen molar-refractivity contribution in [3.63, 3.8) is 0 Å². The smallest absolute Gasteiger partial charge is 0.331 e. The van der Waals surface area contributed by atoms with Crippen molar-refractivity contribution < 1.29 is 14.3 Å². The van der Waals surface area contributed by atoms with Gasteiger partial charge in [0, 0.05) is 16.8 Å². The molecule has 2 aromatic carbocycles. The van der Waals surface area contributed by atoms with Crippen LogP contribution in [0, 0.1) is 13.8 Å². The molecule has 0 bridgehead atoms. The van der Waals surface area contributed by atoms with Crippen molar-refractivity contribution in [2.75, 3.05) is 11.9 Å². The molecule has 2 aromatic rings. The highest BCUT2D eigenvalue weighted by Crippen LogP contribution is 2.20. The third-order valence-electron chi connectivity index (χ3n) is 3.41. The molecule has 0 saturated carbocycles. The van der Waals surface area contributed by atoms with Gasteiger partial charge in [0.1, 0.15) is 0 Å². The summed E-state index contributed by atoms with van der Waals surface area (Å²) in [5, 5.41) is 3.19. The first-order chi connectivity index (χ1) is 11.5. The predicted octanol–water partition coefficient (Wildman–Crippen LogP) is 4.15. The normalized spacial score (nSPS) is 10.6. The molecule has 0 heterocycles. The number of hydrogen-bond acceptors (Lipinski definition) is 3. The van der Waals surface area contributed by atoms with Crippen LogP contribution in [0.4, 0.5) is 5.69 Å². The standard InChI is InChI=1S/C19H18ClNO3/c1-13-5-3-4-6-15(13)8-10-19(23)24-12-18(22)21-17-11-16(20)9-7-14(17)2/h3-11H,12H2,1-2H3,(H,21,22)/b10-8+. The minimum atomic E-state index is -0.573. The molecule has 0 saturated heterocycles. The monoisotopic (exact) mass is 343 g/mol. The van der Waals surface area contributed by atoms with E-state index in [0.717, 1.165) is 16.7 Å². The Morgan fingerprint density at radius 2 is 1.88 bits per heavy atom. The summed E-state index contributed by atoms with van der Waals surface area (Å²) in [6.07, 6.45) is 2.97. The zero-order valence-corrected chi connectivity index (χ0v) is 14.3. The van der Waals surface area contributed by atoms with Crippen LogP contribution in [0.1, 0.15) is 16.7 Å². The summed E-state index contributed by atoms with van der Waals surface area (Å²) in [6, 6.07) is 12.8. The van der Waals surface area contributed by atoms with Crippen molar-refractivity contribution in [3.05, 3.63) is 70.3 Å². The molecule has 0 atom stereocenters. The van der Waals surface area contributed by atoms with Crippen LogP contribution in [-0.2, 0) is 14.3 Å². The lowest BCUT2D eigenvalue weighted by Crippen LogP contribution is -2.20. The molecular formula is C19H18ClNO3. The average Bonchev–Trinajstić information content (AvgIpc) is 2.55. The third-order valence-corrected chi connectivity index (χ3v) is 3.64. The van der Waals surface area contributed by atoms with Gasteiger partial charge in [-0.05, 0) is 48.7 Å². The van der Waals surface area contributed by atoms with E-state index in [-0.39, 0.29) is 6.61 Å². The van der Waals surface area contributed by atoms with Crippen LogP contribution in [0.2, 0.25) is 5.02 Å². The Bertz CT molecular complexity index is 784. The van der Waals surface area contributed by atoms with Crippen LogP contribution in [0.5, 0.6) is 0 Å². The molecule has 0 unspecified atom stereocenters. The number of aryl methyl sites for hydroxylation is 2. The summed E-state index contributed by atoms with van der Waals surface area (Å²) in [7, 11) is 0. The highest BCUT2D eigenvalue weighted by atomic mass is 35.5. The van der Waals surface area contributed by atoms with Crippen molar-refractivity contribution in [1.82, 2.24) is 0 Å². The summed E-state index contributed by atoms with van der Waals surface area (Å²) in [5.41, 5.74) is 3.45. The summed E-state index contributed by atoms with van der Waals surface area (Å²) < 4.78 is 4.94. The van der Waals surface area contributed by atoms with E-state index in [1.54, 1.807) is 24.3 Å². The molecule has 0 aliphatic carbocycles. The number of amides is 1. The second-order valence-electron chi connectivity index (χ2n) is 5.31. The number of anilines is 1. The van der Waals surface area contributed by atoms with Gasteiger partial charge in [0.25, 0.3) is 5.91 Å². The van der Waals surface area contributed by atoms with Gasteiger partial charge in [-0.2, -0.15) is 0 Å². The number of benzene rings is 2. The van der Waals surface area contributed by atoms with Crippen LogP contribution < -0.4 is 5.32 Å². The first-order valence-electron chi connectivity index (χ1n) is 7.42. The largest absolute Gasteiger partial charge is 0.452 e. The van der Waals surface area contributed by atoms with Crippen molar-refractivity contribution in [2.45, 2.75) is 13.8 Å². The van der Waals surface area contributed by atoms with Gasteiger partial charge in [-0.1, -0.05) is 41.9 Å². The molecule has 0 radical (unpaired) electrons. The molecule has 0 aliphatic rings. The zero-order valence-electron chi connectivity index (χ0n) is 13.5. The van der Waals surface area contributed by atoms with E-state index in [0.29, 0.717) is 10.7 Å². The lowest BCUT2D eigenvalue weighted by Gasteiger charge is -2.08. The molecule has 2 rings (SSSR count). The Labute approximate surface area is 146 Å². The number of hydrogen-bond donors (Lipinski definition) is 1. The molecule has 1 N–H and O–H groups in total. The van der Waals surface area contributed by atoms with Gasteiger partial charge in [-0.3, -0.25) is 4.79 Å². The molecular weight excluding hydrogens is 326 g/mol. The van der Waals surface area contributed by atoms with Crippen LogP contribution in [0.25, 0.3) is 6.08 Å². The fourth-order valence-electron chi connectivity index (χ4n) is 2.03. The van der Waals surface area contributed by atoms with Crippen molar-refractivity contribution in [2.24, 2.45) is 0 Å². The van der Waals surface area contributed by atoms with Gasteiger partial charge in [-0.15, -0.1) is 0 Å². The summed E-state index contributed by atoms with van der Waals surface area (Å²) >= 11 is 5.89. The van der Waals surface area contributed by atoms with Crippen molar-refractivity contribution in [1.29, 1.82) is 0 Å². The quantitative estimate of drug-likeness (QED) is 0.655. The van der Waals surface area contributed by atoms with Gasteiger partial charge in [-0.25, -0.2) is 4.79 Å².